The van der Waals surface area contributed by atoms with Crippen LogP contribution >= 0.6 is 46.3 Å². The molecule has 0 spiro atoms. The van der Waals surface area contributed by atoms with Crippen LogP contribution in [0.3, 0.4) is 0 Å². The van der Waals surface area contributed by atoms with Crippen molar-refractivity contribution in [2.24, 2.45) is 5.92 Å². The molecule has 0 saturated carbocycles. The maximum absolute atomic E-state index is 12.6. The van der Waals surface area contributed by atoms with E-state index in [2.05, 4.69) is 29.4 Å². The largest absolute Gasteiger partial charge is 0.296 e. The summed E-state index contributed by atoms with van der Waals surface area (Å²) in [5.41, 5.74) is 1.38. The average Bonchev–Trinajstić information content (AvgIpc) is 3.20. The number of sulfonamides is 1. The molecular formula is C21H22Cl2N4O3S3. The minimum absolute atomic E-state index is 0.0353. The monoisotopic (exact) mass is 544 g/mol. The van der Waals surface area contributed by atoms with Gasteiger partial charge in [0.05, 0.1) is 28.5 Å². The van der Waals surface area contributed by atoms with E-state index in [0.29, 0.717) is 22.2 Å². The van der Waals surface area contributed by atoms with Gasteiger partial charge in [-0.25, -0.2) is 8.42 Å². The lowest BCUT2D eigenvalue weighted by atomic mass is 10.1. The van der Waals surface area contributed by atoms with E-state index in [1.165, 1.54) is 15.6 Å². The number of carbonyl (C=O) groups is 1. The number of thioether (sulfide) groups is 1. The number of nitrogens with zero attached hydrogens (tertiary/aromatic N) is 3. The molecule has 33 heavy (non-hydrogen) atoms. The molecule has 3 rings (SSSR count). The van der Waals surface area contributed by atoms with Crippen LogP contribution in [0.15, 0.2) is 46.8 Å². The summed E-state index contributed by atoms with van der Waals surface area (Å²) >= 11 is 15.2. The van der Waals surface area contributed by atoms with Crippen LogP contribution in [-0.2, 0) is 16.6 Å². The molecule has 0 aliphatic rings. The summed E-state index contributed by atoms with van der Waals surface area (Å²) in [5, 5.41) is 11.7. The van der Waals surface area contributed by atoms with Gasteiger partial charge in [0.25, 0.3) is 5.91 Å². The third-order valence-electron chi connectivity index (χ3n) is 4.31. The van der Waals surface area contributed by atoms with Gasteiger partial charge in [-0.1, -0.05) is 78.3 Å². The highest BCUT2D eigenvalue weighted by atomic mass is 35.5. The van der Waals surface area contributed by atoms with Crippen LogP contribution in [0.4, 0.5) is 10.8 Å². The molecule has 1 aromatic heterocycles. The molecular weight excluding hydrogens is 523 g/mol. The van der Waals surface area contributed by atoms with Crippen LogP contribution in [0.25, 0.3) is 0 Å². The van der Waals surface area contributed by atoms with Crippen molar-refractivity contribution >= 4 is 73.0 Å². The first-order valence-corrected chi connectivity index (χ1v) is 14.2. The van der Waals surface area contributed by atoms with E-state index in [0.717, 1.165) is 16.3 Å². The third kappa shape index (κ3) is 7.07. The zero-order valence-electron chi connectivity index (χ0n) is 18.1. The Kier molecular flexibility index (Phi) is 8.63. The zero-order chi connectivity index (χ0) is 24.2. The molecule has 0 unspecified atom stereocenters. The minimum atomic E-state index is -3.64. The average molecular weight is 546 g/mol. The molecule has 0 aliphatic carbocycles. The van der Waals surface area contributed by atoms with E-state index in [9.17, 15) is 13.2 Å². The lowest BCUT2D eigenvalue weighted by molar-refractivity contribution is 0.102. The van der Waals surface area contributed by atoms with E-state index < -0.39 is 10.0 Å². The number of hydrogen-bond donors (Lipinski definition) is 1. The second-order valence-electron chi connectivity index (χ2n) is 7.57. The Morgan fingerprint density at radius 1 is 1.15 bits per heavy atom. The summed E-state index contributed by atoms with van der Waals surface area (Å²) in [7, 11) is -3.64. The summed E-state index contributed by atoms with van der Waals surface area (Å²) in [5.74, 6) is 1.13. The fourth-order valence-electron chi connectivity index (χ4n) is 2.72. The number of hydrogen-bond acceptors (Lipinski definition) is 7. The Balaban J connectivity index is 1.71. The van der Waals surface area contributed by atoms with E-state index in [1.807, 2.05) is 0 Å². The second-order valence-corrected chi connectivity index (χ2v) is 12.5. The van der Waals surface area contributed by atoms with Crippen LogP contribution in [-0.4, -0.2) is 36.5 Å². The molecule has 0 fully saturated rings. The van der Waals surface area contributed by atoms with Crippen molar-refractivity contribution in [2.45, 2.75) is 24.7 Å². The van der Waals surface area contributed by atoms with E-state index in [-0.39, 0.29) is 28.2 Å². The fourth-order valence-corrected chi connectivity index (χ4v) is 5.78. The number of carbonyl (C=O) groups excluding carboxylic acids is 1. The molecule has 0 bridgehead atoms. The Bertz CT molecular complexity index is 1230. The Morgan fingerprint density at radius 3 is 2.48 bits per heavy atom. The van der Waals surface area contributed by atoms with Crippen molar-refractivity contribution in [2.75, 3.05) is 21.6 Å². The summed E-state index contributed by atoms with van der Waals surface area (Å²) in [6.45, 7) is 4.28. The number of benzene rings is 2. The van der Waals surface area contributed by atoms with Gasteiger partial charge in [-0.2, -0.15) is 0 Å². The standard InChI is InChI=1S/C21H22Cl2N4O3S3/c1-13(2)12-31-21-26-25-20(32-21)24-19(28)15-9-7-14(8-10-15)11-27(33(3,29)30)17-6-4-5-16(22)18(17)23/h4-10,13H,11-12H2,1-3H3,(H,24,25,28). The fraction of sp³-hybridized carbons (Fsp3) is 0.286. The highest BCUT2D eigenvalue weighted by Gasteiger charge is 2.22. The van der Waals surface area contributed by atoms with Gasteiger partial charge in [0, 0.05) is 11.3 Å². The van der Waals surface area contributed by atoms with Crippen LogP contribution < -0.4 is 9.62 Å². The first-order valence-electron chi connectivity index (χ1n) is 9.83. The molecule has 0 saturated heterocycles. The number of anilines is 2. The van der Waals surface area contributed by atoms with Gasteiger partial charge >= 0.3 is 0 Å². The van der Waals surface area contributed by atoms with Crippen LogP contribution in [0.1, 0.15) is 29.8 Å². The predicted octanol–water partition coefficient (Wildman–Crippen LogP) is 5.81. The Labute approximate surface area is 211 Å². The van der Waals surface area contributed by atoms with Crippen LogP contribution in [0.2, 0.25) is 10.0 Å². The van der Waals surface area contributed by atoms with E-state index >= 15 is 0 Å². The molecule has 12 heteroatoms. The number of nitrogens with one attached hydrogen (secondary N) is 1. The van der Waals surface area contributed by atoms with Crippen molar-refractivity contribution in [1.82, 2.24) is 10.2 Å². The van der Waals surface area contributed by atoms with Gasteiger partial charge in [-0.05, 0) is 35.7 Å². The summed E-state index contributed by atoms with van der Waals surface area (Å²) in [6, 6.07) is 11.4. The first kappa shape index (κ1) is 25.8. The van der Waals surface area contributed by atoms with Gasteiger partial charge in [-0.15, -0.1) is 10.2 Å². The number of aromatic nitrogens is 2. The molecule has 1 amide bonds. The minimum Gasteiger partial charge on any atom is -0.296 e. The molecule has 0 radical (unpaired) electrons. The zero-order valence-corrected chi connectivity index (χ0v) is 22.0. The number of amides is 1. The molecule has 1 N–H and O–H groups in total. The van der Waals surface area contributed by atoms with Crippen molar-refractivity contribution in [3.63, 3.8) is 0 Å². The van der Waals surface area contributed by atoms with Gasteiger partial charge < -0.3 is 0 Å². The predicted molar refractivity (Wildman–Crippen MR) is 137 cm³/mol. The number of rotatable bonds is 9. The van der Waals surface area contributed by atoms with E-state index in [4.69, 9.17) is 23.2 Å². The summed E-state index contributed by atoms with van der Waals surface area (Å²) in [6.07, 6.45) is 1.10. The molecule has 2 aromatic carbocycles. The maximum atomic E-state index is 12.6. The van der Waals surface area contributed by atoms with Gasteiger partial charge in [0.2, 0.25) is 15.2 Å². The van der Waals surface area contributed by atoms with Crippen molar-refractivity contribution in [1.29, 1.82) is 0 Å². The molecule has 0 atom stereocenters. The second kappa shape index (κ2) is 11.1. The van der Waals surface area contributed by atoms with Crippen molar-refractivity contribution in [3.05, 3.63) is 63.6 Å². The first-order chi connectivity index (χ1) is 15.5. The van der Waals surface area contributed by atoms with Gasteiger partial charge in [0.1, 0.15) is 0 Å². The van der Waals surface area contributed by atoms with Crippen LogP contribution in [0, 0.1) is 5.92 Å². The molecule has 176 valence electrons. The quantitative estimate of drug-likeness (QED) is 0.270. The molecule has 0 aliphatic heterocycles. The van der Waals surface area contributed by atoms with Gasteiger partial charge in [0.15, 0.2) is 4.34 Å². The lowest BCUT2D eigenvalue weighted by Crippen LogP contribution is -2.29. The highest BCUT2D eigenvalue weighted by molar-refractivity contribution is 8.01. The van der Waals surface area contributed by atoms with Crippen molar-refractivity contribution < 1.29 is 13.2 Å². The Hall–Kier alpha value is -1.85. The van der Waals surface area contributed by atoms with E-state index in [1.54, 1.807) is 54.2 Å². The normalized spacial score (nSPS) is 11.6. The summed E-state index contributed by atoms with van der Waals surface area (Å²) in [4.78, 5) is 12.6. The van der Waals surface area contributed by atoms with Gasteiger partial charge in [-0.3, -0.25) is 14.4 Å². The SMILES string of the molecule is CC(C)CSc1nnc(NC(=O)c2ccc(CN(c3cccc(Cl)c3Cl)S(C)(=O)=O)cc2)s1. The highest BCUT2D eigenvalue weighted by Crippen LogP contribution is 2.34. The lowest BCUT2D eigenvalue weighted by Gasteiger charge is -2.24. The maximum Gasteiger partial charge on any atom is 0.257 e. The van der Waals surface area contributed by atoms with Crippen LogP contribution in [0.5, 0.6) is 0 Å². The Morgan fingerprint density at radius 2 is 1.85 bits per heavy atom. The van der Waals surface area contributed by atoms with Crippen molar-refractivity contribution in [3.8, 4) is 0 Å². The molecule has 7 nitrogen and oxygen atoms in total. The topological polar surface area (TPSA) is 92.3 Å². The summed E-state index contributed by atoms with van der Waals surface area (Å²) < 4.78 is 26.8. The smallest absolute Gasteiger partial charge is 0.257 e. The third-order valence-corrected chi connectivity index (χ3v) is 8.64. The molecule has 1 heterocycles. The molecule has 3 aromatic rings. The number of halogens is 2.